The van der Waals surface area contributed by atoms with Gasteiger partial charge in [-0.3, -0.25) is 0 Å². The van der Waals surface area contributed by atoms with Gasteiger partial charge in [-0.05, 0) is 36.1 Å². The highest BCUT2D eigenvalue weighted by Crippen LogP contribution is 2.29. The molecule has 1 atom stereocenters. The van der Waals surface area contributed by atoms with E-state index in [0.29, 0.717) is 12.1 Å². The molecule has 2 N–H and O–H groups in total. The van der Waals surface area contributed by atoms with Gasteiger partial charge in [0.25, 0.3) is 0 Å². The van der Waals surface area contributed by atoms with Gasteiger partial charge in [0.2, 0.25) is 0 Å². The van der Waals surface area contributed by atoms with Gasteiger partial charge >= 0.3 is 6.03 Å². The van der Waals surface area contributed by atoms with Gasteiger partial charge in [-0.15, -0.1) is 0 Å². The molecule has 0 saturated heterocycles. The minimum Gasteiger partial charge on any atom is -0.387 e. The van der Waals surface area contributed by atoms with Crippen molar-refractivity contribution in [3.8, 4) is 0 Å². The molecule has 3 rings (SSSR count). The third-order valence-electron chi connectivity index (χ3n) is 4.16. The Morgan fingerprint density at radius 3 is 2.46 bits per heavy atom. The first-order valence-corrected chi connectivity index (χ1v) is 8.15. The van der Waals surface area contributed by atoms with Crippen LogP contribution in [0.1, 0.15) is 30.1 Å². The van der Waals surface area contributed by atoms with Crippen molar-refractivity contribution in [3.05, 3.63) is 71.5 Å². The van der Waals surface area contributed by atoms with Gasteiger partial charge in [-0.25, -0.2) is 9.18 Å². The molecule has 1 aliphatic rings. The van der Waals surface area contributed by atoms with Crippen LogP contribution in [0.2, 0.25) is 0 Å². The number of aliphatic hydroxyl groups excluding tert-OH is 1. The number of benzene rings is 2. The van der Waals surface area contributed by atoms with E-state index in [2.05, 4.69) is 5.32 Å². The molecule has 126 valence electrons. The summed E-state index contributed by atoms with van der Waals surface area (Å²) in [6.07, 6.45) is 1.08. The number of rotatable bonds is 6. The van der Waals surface area contributed by atoms with Crippen molar-refractivity contribution in [1.82, 2.24) is 10.2 Å². The number of hydrogen-bond donors (Lipinski definition) is 2. The number of carbonyl (C=O) groups is 1. The van der Waals surface area contributed by atoms with E-state index in [1.165, 1.54) is 12.1 Å². The molecule has 2 aromatic carbocycles. The van der Waals surface area contributed by atoms with E-state index in [4.69, 9.17) is 0 Å². The molecular formula is C19H21FN2O2. The third kappa shape index (κ3) is 4.32. The van der Waals surface area contributed by atoms with Crippen LogP contribution in [0.15, 0.2) is 54.6 Å². The van der Waals surface area contributed by atoms with Gasteiger partial charge in [-0.2, -0.15) is 0 Å². The van der Waals surface area contributed by atoms with Gasteiger partial charge in [-0.1, -0.05) is 42.5 Å². The van der Waals surface area contributed by atoms with Crippen LogP contribution in [0.25, 0.3) is 0 Å². The quantitative estimate of drug-likeness (QED) is 0.855. The molecular weight excluding hydrogens is 307 g/mol. The Hall–Kier alpha value is -2.40. The van der Waals surface area contributed by atoms with E-state index in [0.717, 1.165) is 18.4 Å². The first-order chi connectivity index (χ1) is 11.6. The molecule has 0 aliphatic heterocycles. The highest BCUT2D eigenvalue weighted by Gasteiger charge is 2.33. The van der Waals surface area contributed by atoms with Gasteiger partial charge in [0, 0.05) is 12.6 Å². The molecule has 0 spiro atoms. The van der Waals surface area contributed by atoms with Crippen molar-refractivity contribution in [2.45, 2.75) is 31.5 Å². The van der Waals surface area contributed by atoms with E-state index >= 15 is 0 Å². The fourth-order valence-electron chi connectivity index (χ4n) is 2.64. The van der Waals surface area contributed by atoms with Crippen LogP contribution in [0.4, 0.5) is 9.18 Å². The first kappa shape index (κ1) is 16.5. The van der Waals surface area contributed by atoms with Crippen molar-refractivity contribution in [2.75, 3.05) is 6.54 Å². The molecule has 0 bridgehead atoms. The second-order valence-corrected chi connectivity index (χ2v) is 6.10. The van der Waals surface area contributed by atoms with Gasteiger partial charge < -0.3 is 15.3 Å². The molecule has 0 aromatic heterocycles. The molecule has 1 saturated carbocycles. The summed E-state index contributed by atoms with van der Waals surface area (Å²) in [5.74, 6) is -0.342. The predicted octanol–water partition coefficient (Wildman–Crippen LogP) is 3.23. The maximum Gasteiger partial charge on any atom is 0.318 e. The minimum atomic E-state index is -0.825. The van der Waals surface area contributed by atoms with Crippen LogP contribution >= 0.6 is 0 Å². The zero-order valence-corrected chi connectivity index (χ0v) is 13.4. The highest BCUT2D eigenvalue weighted by atomic mass is 19.1. The lowest BCUT2D eigenvalue weighted by Gasteiger charge is -2.25. The zero-order chi connectivity index (χ0) is 16.9. The fourth-order valence-corrected chi connectivity index (χ4v) is 2.64. The Morgan fingerprint density at radius 1 is 1.17 bits per heavy atom. The zero-order valence-electron chi connectivity index (χ0n) is 13.4. The lowest BCUT2D eigenvalue weighted by molar-refractivity contribution is 0.117. The van der Waals surface area contributed by atoms with Crippen molar-refractivity contribution < 1.29 is 14.3 Å². The average Bonchev–Trinajstić information content (AvgIpc) is 3.44. The number of nitrogens with zero attached hydrogens (tertiary/aromatic N) is 1. The van der Waals surface area contributed by atoms with E-state index in [1.54, 1.807) is 17.0 Å². The van der Waals surface area contributed by atoms with Crippen LogP contribution in [0.5, 0.6) is 0 Å². The summed E-state index contributed by atoms with van der Waals surface area (Å²) < 4.78 is 13.0. The second-order valence-electron chi connectivity index (χ2n) is 6.10. The Balaban J connectivity index is 1.59. The van der Waals surface area contributed by atoms with E-state index in [9.17, 15) is 14.3 Å². The molecule has 0 heterocycles. The lowest BCUT2D eigenvalue weighted by Crippen LogP contribution is -2.43. The predicted molar refractivity (Wildman–Crippen MR) is 89.8 cm³/mol. The lowest BCUT2D eigenvalue weighted by atomic mass is 10.1. The largest absolute Gasteiger partial charge is 0.387 e. The summed E-state index contributed by atoms with van der Waals surface area (Å²) in [5.41, 5.74) is 1.64. The smallest absolute Gasteiger partial charge is 0.318 e. The van der Waals surface area contributed by atoms with E-state index in [1.807, 2.05) is 30.3 Å². The number of amides is 2. The Labute approximate surface area is 140 Å². The second kappa shape index (κ2) is 7.45. The normalized spacial score (nSPS) is 14.9. The Kier molecular flexibility index (Phi) is 5.11. The third-order valence-corrected chi connectivity index (χ3v) is 4.16. The van der Waals surface area contributed by atoms with Crippen LogP contribution < -0.4 is 5.32 Å². The molecule has 4 nitrogen and oxygen atoms in total. The van der Waals surface area contributed by atoms with Gasteiger partial charge in [0.1, 0.15) is 5.82 Å². The first-order valence-electron chi connectivity index (χ1n) is 8.15. The molecule has 2 aromatic rings. The minimum absolute atomic E-state index is 0.177. The molecule has 24 heavy (non-hydrogen) atoms. The van der Waals surface area contributed by atoms with Gasteiger partial charge in [0.15, 0.2) is 0 Å². The molecule has 5 heteroatoms. The van der Waals surface area contributed by atoms with Crippen molar-refractivity contribution in [1.29, 1.82) is 0 Å². The maximum absolute atomic E-state index is 13.0. The summed E-state index contributed by atoms with van der Waals surface area (Å²) in [5, 5.41) is 13.3. The van der Waals surface area contributed by atoms with Crippen molar-refractivity contribution in [3.63, 3.8) is 0 Å². The van der Waals surface area contributed by atoms with Crippen LogP contribution in [0.3, 0.4) is 0 Å². The molecule has 1 unspecified atom stereocenters. The topological polar surface area (TPSA) is 52.6 Å². The standard InChI is InChI=1S/C19H21FN2O2/c20-16-8-6-15(7-9-16)18(23)13-22(17-10-11-17)19(24)21-12-14-4-2-1-3-5-14/h1-9,17-18,23H,10-13H2,(H,21,24). The summed E-state index contributed by atoms with van der Waals surface area (Å²) in [6.45, 7) is 0.659. The van der Waals surface area contributed by atoms with Crippen LogP contribution in [-0.2, 0) is 6.54 Å². The number of carbonyl (C=O) groups excluding carboxylic acids is 1. The summed E-state index contributed by atoms with van der Waals surface area (Å²) in [7, 11) is 0. The number of nitrogens with one attached hydrogen (secondary N) is 1. The average molecular weight is 328 g/mol. The summed E-state index contributed by atoms with van der Waals surface area (Å²) in [6, 6.07) is 15.4. The SMILES string of the molecule is O=C(NCc1ccccc1)N(CC(O)c1ccc(F)cc1)C1CC1. The Morgan fingerprint density at radius 2 is 1.83 bits per heavy atom. The summed E-state index contributed by atoms with van der Waals surface area (Å²) in [4.78, 5) is 14.1. The molecule has 2 amide bonds. The monoisotopic (exact) mass is 328 g/mol. The van der Waals surface area contributed by atoms with Crippen LogP contribution in [-0.4, -0.2) is 28.6 Å². The van der Waals surface area contributed by atoms with Crippen molar-refractivity contribution >= 4 is 6.03 Å². The number of aliphatic hydroxyl groups is 1. The maximum atomic E-state index is 13.0. The molecule has 0 radical (unpaired) electrons. The molecule has 1 aliphatic carbocycles. The van der Waals surface area contributed by atoms with Crippen LogP contribution in [0, 0.1) is 5.82 Å². The Bertz CT molecular complexity index is 672. The van der Waals surface area contributed by atoms with Gasteiger partial charge in [0.05, 0.1) is 12.6 Å². The fraction of sp³-hybridized carbons (Fsp3) is 0.316. The summed E-state index contributed by atoms with van der Waals surface area (Å²) >= 11 is 0. The van der Waals surface area contributed by atoms with E-state index < -0.39 is 6.10 Å². The number of halogens is 1. The van der Waals surface area contributed by atoms with E-state index in [-0.39, 0.29) is 24.4 Å². The van der Waals surface area contributed by atoms with Crippen molar-refractivity contribution in [2.24, 2.45) is 0 Å². The number of hydrogen-bond acceptors (Lipinski definition) is 2. The highest BCUT2D eigenvalue weighted by molar-refractivity contribution is 5.75. The number of urea groups is 1. The molecule has 1 fully saturated rings.